The van der Waals surface area contributed by atoms with Gasteiger partial charge in [-0.3, -0.25) is 0 Å². The fraction of sp³-hybridized carbons (Fsp3) is 0.659. The zero-order valence-corrected chi connectivity index (χ0v) is 33.2. The van der Waals surface area contributed by atoms with Crippen molar-refractivity contribution in [2.24, 2.45) is 5.92 Å². The monoisotopic (exact) mass is 712 g/mol. The fourth-order valence-electron chi connectivity index (χ4n) is 6.23. The number of ether oxygens (including phenoxy) is 7. The topological polar surface area (TPSA) is 118 Å². The molecule has 0 aliphatic heterocycles. The van der Waals surface area contributed by atoms with E-state index in [0.29, 0.717) is 73.4 Å². The summed E-state index contributed by atoms with van der Waals surface area (Å²) in [7, 11) is 6.38. The highest BCUT2D eigenvalue weighted by Crippen LogP contribution is 2.48. The third-order valence-electron chi connectivity index (χ3n) is 9.04. The first kappa shape index (κ1) is 43.2. The maximum absolute atomic E-state index is 13.2. The summed E-state index contributed by atoms with van der Waals surface area (Å²) in [5.41, 5.74) is 0.214. The summed E-state index contributed by atoms with van der Waals surface area (Å²) in [6, 6.07) is 9.91. The van der Waals surface area contributed by atoms with E-state index in [0.717, 1.165) is 49.7 Å². The molecule has 0 saturated carbocycles. The third-order valence-corrected chi connectivity index (χ3v) is 9.04. The number of alkyl carbamates (subject to hydrolysis) is 1. The van der Waals surface area contributed by atoms with E-state index in [-0.39, 0.29) is 12.0 Å². The molecule has 0 spiro atoms. The van der Waals surface area contributed by atoms with Crippen molar-refractivity contribution in [2.45, 2.75) is 130 Å². The lowest BCUT2D eigenvalue weighted by Gasteiger charge is -2.33. The quantitative estimate of drug-likeness (QED) is 0.112. The second-order valence-electron chi connectivity index (χ2n) is 14.3. The Kier molecular flexibility index (Phi) is 18.1. The number of nitrogens with one attached hydrogen (secondary N) is 1. The molecule has 2 atom stereocenters. The van der Waals surface area contributed by atoms with Gasteiger partial charge in [0.05, 0.1) is 53.1 Å². The van der Waals surface area contributed by atoms with E-state index in [9.17, 15) is 10.1 Å². The number of rotatable bonds is 23. The number of nitrogens with zero attached hydrogens (tertiary/aromatic N) is 1. The van der Waals surface area contributed by atoms with Crippen LogP contribution in [0.1, 0.15) is 117 Å². The van der Waals surface area contributed by atoms with E-state index >= 15 is 0 Å². The Morgan fingerprint density at radius 3 is 1.94 bits per heavy atom. The van der Waals surface area contributed by atoms with Gasteiger partial charge in [0, 0.05) is 11.6 Å². The first-order valence-electron chi connectivity index (χ1n) is 18.5. The van der Waals surface area contributed by atoms with Crippen LogP contribution in [0, 0.1) is 17.2 Å². The van der Waals surface area contributed by atoms with Crippen LogP contribution in [0.15, 0.2) is 24.3 Å². The van der Waals surface area contributed by atoms with Crippen molar-refractivity contribution in [3.05, 3.63) is 35.4 Å². The van der Waals surface area contributed by atoms with Gasteiger partial charge in [0.15, 0.2) is 23.0 Å². The van der Waals surface area contributed by atoms with Gasteiger partial charge in [-0.15, -0.1) is 0 Å². The van der Waals surface area contributed by atoms with Crippen LogP contribution in [-0.4, -0.2) is 59.4 Å². The number of benzene rings is 2. The van der Waals surface area contributed by atoms with Crippen molar-refractivity contribution in [1.82, 2.24) is 5.32 Å². The van der Waals surface area contributed by atoms with Crippen LogP contribution in [0.5, 0.6) is 34.5 Å². The molecule has 1 unspecified atom stereocenters. The zero-order chi connectivity index (χ0) is 38.0. The molecule has 2 aromatic rings. The number of unbranched alkanes of at least 4 members (excludes halogenated alkanes) is 4. The van der Waals surface area contributed by atoms with Crippen LogP contribution in [0.4, 0.5) is 4.79 Å². The number of carbonyl (C=O) groups is 1. The summed E-state index contributed by atoms with van der Waals surface area (Å²) < 4.78 is 41.2. The molecule has 0 bridgehead atoms. The number of carbonyl (C=O) groups excluding carboxylic acids is 1. The van der Waals surface area contributed by atoms with E-state index in [2.05, 4.69) is 39.1 Å². The van der Waals surface area contributed by atoms with Gasteiger partial charge in [0.25, 0.3) is 0 Å². The number of methoxy groups -OCH3 is 4. The minimum Gasteiger partial charge on any atom is -0.493 e. The highest BCUT2D eigenvalue weighted by Gasteiger charge is 2.37. The van der Waals surface area contributed by atoms with Crippen LogP contribution >= 0.6 is 0 Å². The Morgan fingerprint density at radius 1 is 0.784 bits per heavy atom. The molecule has 2 aromatic carbocycles. The average Bonchev–Trinajstić information content (AvgIpc) is 3.09. The molecule has 0 aliphatic rings. The van der Waals surface area contributed by atoms with E-state index in [1.165, 1.54) is 0 Å². The molecule has 0 saturated heterocycles. The summed E-state index contributed by atoms with van der Waals surface area (Å²) in [5.74, 6) is 3.26. The molecule has 0 fully saturated rings. The van der Waals surface area contributed by atoms with E-state index in [1.807, 2.05) is 45.0 Å². The largest absolute Gasteiger partial charge is 0.493 e. The lowest BCUT2D eigenvalue weighted by molar-refractivity contribution is 0.0500. The van der Waals surface area contributed by atoms with Crippen LogP contribution in [0.3, 0.4) is 0 Å². The van der Waals surface area contributed by atoms with Gasteiger partial charge in [0.1, 0.15) is 5.60 Å². The summed E-state index contributed by atoms with van der Waals surface area (Å²) in [4.78, 5) is 13.2. The van der Waals surface area contributed by atoms with Gasteiger partial charge in [-0.25, -0.2) is 4.79 Å². The molecule has 51 heavy (non-hydrogen) atoms. The number of hydrogen-bond donors (Lipinski definition) is 1. The average molecular weight is 713 g/mol. The second kappa shape index (κ2) is 21.4. The molecular formula is C41H64N2O8. The fourth-order valence-corrected chi connectivity index (χ4v) is 6.23. The predicted molar refractivity (Wildman–Crippen MR) is 202 cm³/mol. The zero-order valence-electron chi connectivity index (χ0n) is 33.2. The number of nitriles is 1. The van der Waals surface area contributed by atoms with Crippen LogP contribution in [0.25, 0.3) is 0 Å². The normalized spacial score (nSPS) is 13.1. The van der Waals surface area contributed by atoms with Gasteiger partial charge in [0.2, 0.25) is 11.5 Å². The molecule has 0 heterocycles. The van der Waals surface area contributed by atoms with Crippen molar-refractivity contribution in [3.8, 4) is 40.6 Å². The van der Waals surface area contributed by atoms with E-state index in [4.69, 9.17) is 33.2 Å². The number of amides is 1. The highest BCUT2D eigenvalue weighted by molar-refractivity contribution is 5.68. The van der Waals surface area contributed by atoms with Crippen LogP contribution in [0.2, 0.25) is 0 Å². The third kappa shape index (κ3) is 12.6. The summed E-state index contributed by atoms with van der Waals surface area (Å²) in [6.45, 7) is 15.0. The Balaban J connectivity index is 2.57. The van der Waals surface area contributed by atoms with Crippen molar-refractivity contribution < 1.29 is 38.0 Å². The van der Waals surface area contributed by atoms with Gasteiger partial charge in [-0.2, -0.15) is 5.26 Å². The maximum Gasteiger partial charge on any atom is 0.407 e. The Bertz CT molecular complexity index is 1400. The molecule has 2 rings (SSSR count). The first-order valence-corrected chi connectivity index (χ1v) is 18.5. The molecule has 10 nitrogen and oxygen atoms in total. The van der Waals surface area contributed by atoms with E-state index in [1.54, 1.807) is 28.4 Å². The molecule has 0 aromatic heterocycles. The molecule has 0 radical (unpaired) electrons. The van der Waals surface area contributed by atoms with Gasteiger partial charge in [-0.1, -0.05) is 59.4 Å². The summed E-state index contributed by atoms with van der Waals surface area (Å²) in [5, 5.41) is 13.8. The molecule has 1 N–H and O–H groups in total. The molecule has 1 amide bonds. The Morgan fingerprint density at radius 2 is 1.41 bits per heavy atom. The van der Waals surface area contributed by atoms with Crippen molar-refractivity contribution in [1.29, 1.82) is 5.26 Å². The van der Waals surface area contributed by atoms with Crippen molar-refractivity contribution in [3.63, 3.8) is 0 Å². The smallest absolute Gasteiger partial charge is 0.407 e. The lowest BCUT2D eigenvalue weighted by Crippen LogP contribution is -2.40. The summed E-state index contributed by atoms with van der Waals surface area (Å²) in [6.07, 6.45) is 7.69. The van der Waals surface area contributed by atoms with E-state index < -0.39 is 17.1 Å². The highest BCUT2D eigenvalue weighted by atomic mass is 16.6. The molecule has 0 aliphatic carbocycles. The van der Waals surface area contributed by atoms with Gasteiger partial charge < -0.3 is 38.5 Å². The molecule has 10 heteroatoms. The number of hydrogen-bond acceptors (Lipinski definition) is 9. The van der Waals surface area contributed by atoms with Crippen molar-refractivity contribution in [2.75, 3.05) is 41.7 Å². The van der Waals surface area contributed by atoms with Crippen LogP contribution < -0.4 is 33.7 Å². The predicted octanol–water partition coefficient (Wildman–Crippen LogP) is 9.58. The minimum absolute atomic E-state index is 0.000691. The lowest BCUT2D eigenvalue weighted by atomic mass is 9.69. The Hall–Kier alpha value is -4.00. The summed E-state index contributed by atoms with van der Waals surface area (Å²) >= 11 is 0. The van der Waals surface area contributed by atoms with Crippen molar-refractivity contribution >= 4 is 6.09 Å². The molecule has 286 valence electrons. The van der Waals surface area contributed by atoms with Gasteiger partial charge in [-0.05, 0) is 89.0 Å². The first-order chi connectivity index (χ1) is 24.3. The Labute approximate surface area is 307 Å². The SMILES string of the molecule is CCCCCOc1cc(C[C@H](CCCC(C#N)(c2ccc(OC)c(OC)c2)C(C)C)NC(=O)OC(C)(C)C)c(OCCCCC)c(OC)c1OC. The second-order valence-corrected chi connectivity index (χ2v) is 14.3. The van der Waals surface area contributed by atoms with Gasteiger partial charge >= 0.3 is 6.09 Å². The maximum atomic E-state index is 13.2. The minimum atomic E-state index is -0.799. The molecular weight excluding hydrogens is 648 g/mol. The van der Waals surface area contributed by atoms with Crippen LogP contribution in [-0.2, 0) is 16.6 Å². The standard InChI is InChI=1S/C41H64N2O8/c1-12-14-16-23-49-35-26-30(36(50-24-17-15-13-2)38(48-11)37(35)47-10)25-32(43-39(44)51-40(5,6)7)19-18-22-41(28-42,29(3)4)31-20-21-33(45-8)34(27-31)46-9/h20-21,26-27,29,32H,12-19,22-25H2,1-11H3,(H,43,44)/t32-,41?/m0/s1.